The lowest BCUT2D eigenvalue weighted by molar-refractivity contribution is -0.137. The first-order valence-corrected chi connectivity index (χ1v) is 4.24. The van der Waals surface area contributed by atoms with Crippen molar-refractivity contribution in [3.05, 3.63) is 28.8 Å². The van der Waals surface area contributed by atoms with Gasteiger partial charge in [-0.25, -0.2) is 0 Å². The summed E-state index contributed by atoms with van der Waals surface area (Å²) in [6.07, 6.45) is -4.32. The van der Waals surface area contributed by atoms with Crippen LogP contribution in [-0.4, -0.2) is 14.1 Å². The van der Waals surface area contributed by atoms with Crippen LogP contribution in [0.3, 0.4) is 0 Å². The predicted octanol–water partition coefficient (Wildman–Crippen LogP) is 3.42. The molecular weight excluding hydrogens is 215 g/mol. The van der Waals surface area contributed by atoms with Crippen molar-refractivity contribution in [2.75, 3.05) is 19.0 Å². The van der Waals surface area contributed by atoms with Crippen LogP contribution in [0.25, 0.3) is 0 Å². The molecule has 5 heteroatoms. The van der Waals surface area contributed by atoms with Gasteiger partial charge in [0.25, 0.3) is 0 Å². The molecule has 0 fully saturated rings. The third-order valence-corrected chi connectivity index (χ3v) is 2.07. The zero-order valence-corrected chi connectivity index (χ0v) is 8.45. The Labute approximate surface area is 85.1 Å². The van der Waals surface area contributed by atoms with Gasteiger partial charge >= 0.3 is 6.18 Å². The maximum atomic E-state index is 12.3. The van der Waals surface area contributed by atoms with Crippen LogP contribution in [0.4, 0.5) is 18.9 Å². The van der Waals surface area contributed by atoms with Crippen LogP contribution in [0.15, 0.2) is 18.2 Å². The molecule has 1 nitrogen and oxygen atoms in total. The van der Waals surface area contributed by atoms with Crippen molar-refractivity contribution in [3.63, 3.8) is 0 Å². The first-order chi connectivity index (χ1) is 6.32. The molecule has 0 aliphatic carbocycles. The minimum absolute atomic E-state index is 0.308. The molecule has 0 amide bonds. The Kier molecular flexibility index (Phi) is 2.95. The van der Waals surface area contributed by atoms with Crippen LogP contribution >= 0.6 is 11.6 Å². The fourth-order valence-corrected chi connectivity index (χ4v) is 1.32. The van der Waals surface area contributed by atoms with E-state index < -0.39 is 11.7 Å². The Morgan fingerprint density at radius 2 is 1.79 bits per heavy atom. The predicted molar refractivity (Wildman–Crippen MR) is 50.8 cm³/mol. The second-order valence-electron chi connectivity index (χ2n) is 3.06. The topological polar surface area (TPSA) is 3.24 Å². The van der Waals surface area contributed by atoms with E-state index in [1.54, 1.807) is 14.1 Å². The first-order valence-electron chi connectivity index (χ1n) is 3.86. The molecule has 14 heavy (non-hydrogen) atoms. The van der Waals surface area contributed by atoms with E-state index in [0.717, 1.165) is 12.1 Å². The maximum absolute atomic E-state index is 12.3. The number of hydrogen-bond donors (Lipinski definition) is 0. The lowest BCUT2D eigenvalue weighted by Crippen LogP contribution is -2.12. The Bertz CT molecular complexity index is 333. The summed E-state index contributed by atoms with van der Waals surface area (Å²) in [6, 6.07) is 3.25. The average Bonchev–Trinajstić information content (AvgIpc) is 2.02. The highest BCUT2D eigenvalue weighted by Crippen LogP contribution is 2.34. The van der Waals surface area contributed by atoms with Crippen LogP contribution in [0.1, 0.15) is 5.56 Å². The lowest BCUT2D eigenvalue weighted by atomic mass is 10.2. The fourth-order valence-electron chi connectivity index (χ4n) is 1.03. The third-order valence-electron chi connectivity index (χ3n) is 1.76. The van der Waals surface area contributed by atoms with Gasteiger partial charge in [0.15, 0.2) is 0 Å². The summed E-state index contributed by atoms with van der Waals surface area (Å²) in [7, 11) is 3.28. The van der Waals surface area contributed by atoms with Gasteiger partial charge in [-0.15, -0.1) is 0 Å². The van der Waals surface area contributed by atoms with Gasteiger partial charge in [-0.3, -0.25) is 0 Å². The second kappa shape index (κ2) is 3.69. The second-order valence-corrected chi connectivity index (χ2v) is 3.47. The van der Waals surface area contributed by atoms with Crippen LogP contribution in [0.2, 0.25) is 5.02 Å². The van der Waals surface area contributed by atoms with E-state index >= 15 is 0 Å². The van der Waals surface area contributed by atoms with Crippen LogP contribution in [0.5, 0.6) is 0 Å². The molecule has 0 aliphatic rings. The molecule has 0 radical (unpaired) electrons. The van der Waals surface area contributed by atoms with Gasteiger partial charge in [-0.2, -0.15) is 13.2 Å². The van der Waals surface area contributed by atoms with Crippen molar-refractivity contribution >= 4 is 17.3 Å². The number of anilines is 1. The Balaban J connectivity index is 3.20. The average molecular weight is 224 g/mol. The monoisotopic (exact) mass is 223 g/mol. The summed E-state index contributed by atoms with van der Waals surface area (Å²) >= 11 is 5.73. The van der Waals surface area contributed by atoms with Crippen molar-refractivity contribution in [2.24, 2.45) is 0 Å². The number of benzene rings is 1. The van der Waals surface area contributed by atoms with E-state index in [1.807, 2.05) is 0 Å². The highest BCUT2D eigenvalue weighted by Gasteiger charge is 2.31. The van der Waals surface area contributed by atoms with Crippen LogP contribution < -0.4 is 4.90 Å². The Morgan fingerprint density at radius 3 is 2.21 bits per heavy atom. The number of hydrogen-bond acceptors (Lipinski definition) is 1. The summed E-state index contributed by atoms with van der Waals surface area (Å²) < 4.78 is 36.9. The molecule has 0 heterocycles. The minimum Gasteiger partial charge on any atom is -0.376 e. The molecule has 0 aliphatic heterocycles. The fraction of sp³-hybridized carbons (Fsp3) is 0.333. The molecule has 0 unspecified atom stereocenters. The summed E-state index contributed by atoms with van der Waals surface area (Å²) in [5, 5.41) is 0.308. The summed E-state index contributed by atoms with van der Waals surface area (Å²) in [6.45, 7) is 0. The Morgan fingerprint density at radius 1 is 1.21 bits per heavy atom. The van der Waals surface area contributed by atoms with Gasteiger partial charge in [0.1, 0.15) is 0 Å². The van der Waals surface area contributed by atoms with E-state index in [2.05, 4.69) is 0 Å². The van der Waals surface area contributed by atoms with Gasteiger partial charge in [0.2, 0.25) is 0 Å². The molecule has 78 valence electrons. The van der Waals surface area contributed by atoms with Gasteiger partial charge in [-0.05, 0) is 18.2 Å². The summed E-state index contributed by atoms with van der Waals surface area (Å²) in [5.74, 6) is 0. The molecule has 1 aromatic rings. The number of halogens is 4. The molecule has 0 aromatic heterocycles. The van der Waals surface area contributed by atoms with Crippen molar-refractivity contribution < 1.29 is 13.2 Å². The largest absolute Gasteiger partial charge is 0.416 e. The van der Waals surface area contributed by atoms with Crippen molar-refractivity contribution in [3.8, 4) is 0 Å². The normalized spacial score (nSPS) is 11.6. The van der Waals surface area contributed by atoms with Crippen LogP contribution in [-0.2, 0) is 6.18 Å². The minimum atomic E-state index is -4.32. The van der Waals surface area contributed by atoms with E-state index in [1.165, 1.54) is 11.0 Å². The van der Waals surface area contributed by atoms with E-state index in [-0.39, 0.29) is 0 Å². The number of alkyl halides is 3. The third kappa shape index (κ3) is 2.32. The molecule has 0 spiro atoms. The van der Waals surface area contributed by atoms with E-state index in [4.69, 9.17) is 11.6 Å². The molecule has 0 saturated carbocycles. The van der Waals surface area contributed by atoms with Gasteiger partial charge in [0, 0.05) is 14.1 Å². The number of nitrogens with zero attached hydrogens (tertiary/aromatic N) is 1. The van der Waals surface area contributed by atoms with Crippen molar-refractivity contribution in [1.29, 1.82) is 0 Å². The van der Waals surface area contributed by atoms with Gasteiger partial charge < -0.3 is 4.90 Å². The van der Waals surface area contributed by atoms with E-state index in [0.29, 0.717) is 10.7 Å². The first kappa shape index (κ1) is 11.2. The highest BCUT2D eigenvalue weighted by atomic mass is 35.5. The lowest BCUT2D eigenvalue weighted by Gasteiger charge is -2.16. The van der Waals surface area contributed by atoms with Crippen molar-refractivity contribution in [2.45, 2.75) is 6.18 Å². The summed E-state index contributed by atoms with van der Waals surface area (Å²) in [4.78, 5) is 1.54. The number of rotatable bonds is 1. The van der Waals surface area contributed by atoms with Gasteiger partial charge in [-0.1, -0.05) is 11.6 Å². The van der Waals surface area contributed by atoms with Gasteiger partial charge in [0.05, 0.1) is 16.3 Å². The summed E-state index contributed by atoms with van der Waals surface area (Å²) in [5.41, 5.74) is -0.327. The van der Waals surface area contributed by atoms with Crippen molar-refractivity contribution in [1.82, 2.24) is 0 Å². The zero-order chi connectivity index (χ0) is 10.9. The standard InChI is InChI=1S/C9H9ClF3N/c1-14(2)8-5-6(9(11,12)13)3-4-7(8)10/h3-5H,1-2H3. The molecule has 0 N–H and O–H groups in total. The molecule has 1 rings (SSSR count). The zero-order valence-electron chi connectivity index (χ0n) is 7.69. The maximum Gasteiger partial charge on any atom is 0.416 e. The van der Waals surface area contributed by atoms with Crippen LogP contribution in [0, 0.1) is 0 Å². The molecule has 0 atom stereocenters. The smallest absolute Gasteiger partial charge is 0.376 e. The highest BCUT2D eigenvalue weighted by molar-refractivity contribution is 6.33. The quantitative estimate of drug-likeness (QED) is 0.705. The molecular formula is C9H9ClF3N. The van der Waals surface area contributed by atoms with E-state index in [9.17, 15) is 13.2 Å². The molecule has 0 bridgehead atoms. The Hall–Kier alpha value is -0.900. The molecule has 0 saturated heterocycles. The molecule has 1 aromatic carbocycles. The SMILES string of the molecule is CN(C)c1cc(C(F)(F)F)ccc1Cl.